The second-order valence-corrected chi connectivity index (χ2v) is 9.77. The number of hydrogen-bond acceptors (Lipinski definition) is 11. The predicted molar refractivity (Wildman–Crippen MR) is 151 cm³/mol. The molecule has 0 bridgehead atoms. The van der Waals surface area contributed by atoms with E-state index in [0.717, 1.165) is 5.56 Å². The van der Waals surface area contributed by atoms with Crippen molar-refractivity contribution in [2.75, 3.05) is 46.2 Å². The Kier molecular flexibility index (Phi) is 13.5. The third-order valence-electron chi connectivity index (χ3n) is 5.24. The van der Waals surface area contributed by atoms with Gasteiger partial charge in [0.15, 0.2) is 0 Å². The molecule has 0 fully saturated rings. The van der Waals surface area contributed by atoms with Crippen LogP contribution in [0, 0.1) is 0 Å². The van der Waals surface area contributed by atoms with Crippen LogP contribution in [-0.2, 0) is 48.1 Å². The van der Waals surface area contributed by atoms with E-state index in [4.69, 9.17) is 30.5 Å². The van der Waals surface area contributed by atoms with Crippen molar-refractivity contribution in [3.05, 3.63) is 46.2 Å². The molecule has 0 spiro atoms. The molecule has 13 nitrogen and oxygen atoms in total. The van der Waals surface area contributed by atoms with Crippen molar-refractivity contribution in [3.8, 4) is 16.3 Å². The van der Waals surface area contributed by atoms with Gasteiger partial charge in [-0.3, -0.25) is 14.4 Å². The summed E-state index contributed by atoms with van der Waals surface area (Å²) in [7, 11) is 0. The van der Waals surface area contributed by atoms with Gasteiger partial charge in [-0.1, -0.05) is 16.8 Å². The zero-order chi connectivity index (χ0) is 29.5. The quantitative estimate of drug-likeness (QED) is 0.162. The van der Waals surface area contributed by atoms with E-state index in [9.17, 15) is 14.4 Å². The molecule has 41 heavy (non-hydrogen) atoms. The highest BCUT2D eigenvalue weighted by atomic mass is 35.5. The van der Waals surface area contributed by atoms with Gasteiger partial charge in [-0.25, -0.2) is 9.67 Å². The lowest BCUT2D eigenvalue weighted by molar-refractivity contribution is -0.143. The topological polar surface area (TPSA) is 156 Å². The Morgan fingerprint density at radius 1 is 1.05 bits per heavy atom. The van der Waals surface area contributed by atoms with Crippen molar-refractivity contribution >= 4 is 40.7 Å². The van der Waals surface area contributed by atoms with Gasteiger partial charge in [0.05, 0.1) is 69.5 Å². The van der Waals surface area contributed by atoms with Crippen LogP contribution in [0.25, 0.3) is 10.6 Å². The Morgan fingerprint density at radius 3 is 2.59 bits per heavy atom. The van der Waals surface area contributed by atoms with Crippen molar-refractivity contribution in [3.63, 3.8) is 0 Å². The number of hydrogen-bond donors (Lipinski definition) is 2. The van der Waals surface area contributed by atoms with Crippen molar-refractivity contribution < 1.29 is 33.3 Å². The lowest BCUT2D eigenvalue weighted by Gasteiger charge is -2.09. The first-order valence-corrected chi connectivity index (χ1v) is 14.2. The third-order valence-corrected chi connectivity index (χ3v) is 6.47. The van der Waals surface area contributed by atoms with Crippen LogP contribution in [0.4, 0.5) is 0 Å². The number of nitrogens with one attached hydrogen (secondary N) is 2. The van der Waals surface area contributed by atoms with Crippen LogP contribution < -0.4 is 15.4 Å². The second kappa shape index (κ2) is 17.3. The highest BCUT2D eigenvalue weighted by Gasteiger charge is 2.13. The molecule has 0 aliphatic carbocycles. The number of ether oxygens (including phenoxy) is 4. The lowest BCUT2D eigenvalue weighted by atomic mass is 10.2. The fraction of sp³-hybridized carbons (Fsp3) is 0.462. The van der Waals surface area contributed by atoms with Crippen molar-refractivity contribution in [1.82, 2.24) is 30.6 Å². The van der Waals surface area contributed by atoms with E-state index in [1.165, 1.54) is 18.3 Å². The van der Waals surface area contributed by atoms with Gasteiger partial charge in [-0.15, -0.1) is 16.4 Å². The fourth-order valence-corrected chi connectivity index (χ4v) is 4.50. The molecule has 3 rings (SSSR count). The maximum atomic E-state index is 12.1. The molecular weight excluding hydrogens is 576 g/mol. The normalized spacial score (nSPS) is 10.8. The summed E-state index contributed by atoms with van der Waals surface area (Å²) in [4.78, 5) is 38.9. The van der Waals surface area contributed by atoms with Gasteiger partial charge >= 0.3 is 5.97 Å². The maximum absolute atomic E-state index is 12.1. The molecule has 0 radical (unpaired) electrons. The maximum Gasteiger partial charge on any atom is 0.325 e. The minimum Gasteiger partial charge on any atom is -0.491 e. The summed E-state index contributed by atoms with van der Waals surface area (Å²) in [5.41, 5.74) is 1.99. The molecule has 3 aromatic rings. The molecule has 2 heterocycles. The Morgan fingerprint density at radius 2 is 1.83 bits per heavy atom. The second-order valence-electron chi connectivity index (χ2n) is 8.50. The molecule has 2 amide bonds. The van der Waals surface area contributed by atoms with E-state index in [0.29, 0.717) is 73.3 Å². The summed E-state index contributed by atoms with van der Waals surface area (Å²) < 4.78 is 23.3. The molecule has 0 unspecified atom stereocenters. The molecule has 0 aliphatic rings. The van der Waals surface area contributed by atoms with Gasteiger partial charge in [0.2, 0.25) is 11.8 Å². The minimum absolute atomic E-state index is 0.0452. The van der Waals surface area contributed by atoms with Gasteiger partial charge in [0.1, 0.15) is 29.6 Å². The van der Waals surface area contributed by atoms with Crippen molar-refractivity contribution in [2.24, 2.45) is 0 Å². The summed E-state index contributed by atoms with van der Waals surface area (Å²) in [5.74, 6) is -0.325. The SMILES string of the molecule is CCOC(=O)CNC(=O)Cc1csc(-c2ccc(OCCOCCOCCn3cc(CNC(C)=O)nn3)cc2Cl)n1. The molecule has 222 valence electrons. The van der Waals surface area contributed by atoms with Gasteiger partial charge in [-0.2, -0.15) is 0 Å². The molecule has 0 aliphatic heterocycles. The first-order chi connectivity index (χ1) is 19.8. The van der Waals surface area contributed by atoms with Gasteiger partial charge in [0, 0.05) is 17.9 Å². The number of esters is 1. The number of carbonyl (C=O) groups excluding carboxylic acids is 3. The van der Waals surface area contributed by atoms with E-state index < -0.39 is 5.97 Å². The van der Waals surface area contributed by atoms with Crippen molar-refractivity contribution in [1.29, 1.82) is 0 Å². The highest BCUT2D eigenvalue weighted by molar-refractivity contribution is 7.13. The van der Waals surface area contributed by atoms with E-state index in [2.05, 4.69) is 25.9 Å². The summed E-state index contributed by atoms with van der Waals surface area (Å²) >= 11 is 7.83. The lowest BCUT2D eigenvalue weighted by Crippen LogP contribution is -2.31. The smallest absolute Gasteiger partial charge is 0.325 e. The van der Waals surface area contributed by atoms with E-state index >= 15 is 0 Å². The highest BCUT2D eigenvalue weighted by Crippen LogP contribution is 2.33. The van der Waals surface area contributed by atoms with Crippen LogP contribution in [-0.4, -0.2) is 83.9 Å². The van der Waals surface area contributed by atoms with Crippen molar-refractivity contribution in [2.45, 2.75) is 33.4 Å². The van der Waals surface area contributed by atoms with Gasteiger partial charge in [0.25, 0.3) is 0 Å². The summed E-state index contributed by atoms with van der Waals surface area (Å²) in [6.07, 6.45) is 1.81. The fourth-order valence-electron chi connectivity index (χ4n) is 3.32. The monoisotopic (exact) mass is 608 g/mol. The Bertz CT molecular complexity index is 1280. The first-order valence-electron chi connectivity index (χ1n) is 12.9. The molecule has 1 aromatic carbocycles. The number of thiazole rings is 1. The van der Waals surface area contributed by atoms with Gasteiger partial charge < -0.3 is 29.6 Å². The van der Waals surface area contributed by atoms with Crippen LogP contribution in [0.3, 0.4) is 0 Å². The molecule has 0 saturated carbocycles. The Labute approximate surface area is 246 Å². The molecule has 0 atom stereocenters. The predicted octanol–water partition coefficient (Wildman–Crippen LogP) is 2.03. The third kappa shape index (κ3) is 11.8. The minimum atomic E-state index is -0.485. The molecule has 2 N–H and O–H groups in total. The average Bonchev–Trinajstić information content (AvgIpc) is 3.59. The number of carbonyl (C=O) groups is 3. The molecule has 15 heteroatoms. The Balaban J connectivity index is 1.29. The Hall–Kier alpha value is -3.59. The summed E-state index contributed by atoms with van der Waals surface area (Å²) in [5, 5.41) is 16.1. The number of rotatable bonds is 18. The van der Waals surface area contributed by atoms with Gasteiger partial charge in [-0.05, 0) is 25.1 Å². The van der Waals surface area contributed by atoms with Crippen LogP contribution in [0.5, 0.6) is 5.75 Å². The molecule has 2 aromatic heterocycles. The largest absolute Gasteiger partial charge is 0.491 e. The average molecular weight is 609 g/mol. The van der Waals surface area contributed by atoms with E-state index in [1.54, 1.807) is 35.3 Å². The molecular formula is C26H33ClN6O7S. The number of aromatic nitrogens is 4. The van der Waals surface area contributed by atoms with Crippen LogP contribution in [0.2, 0.25) is 5.02 Å². The summed E-state index contributed by atoms with van der Waals surface area (Å²) in [6.45, 7) is 6.15. The van der Waals surface area contributed by atoms with E-state index in [1.807, 2.05) is 6.07 Å². The number of benzene rings is 1. The standard InChI is InChI=1S/C26H33ClN6O7S/c1-3-39-25(36)15-29-24(35)12-19-17-41-26(30-19)22-5-4-21(13-23(22)27)40-11-10-38-9-8-37-7-6-33-16-20(31-32-33)14-28-18(2)34/h4-5,13,16-17H,3,6-12,14-15H2,1-2H3,(H,28,34)(H,29,35). The number of nitrogens with zero attached hydrogens (tertiary/aromatic N) is 4. The van der Waals surface area contributed by atoms with E-state index in [-0.39, 0.29) is 31.4 Å². The van der Waals surface area contributed by atoms with Crippen LogP contribution in [0.15, 0.2) is 29.8 Å². The zero-order valence-corrected chi connectivity index (χ0v) is 24.5. The van der Waals surface area contributed by atoms with Crippen LogP contribution >= 0.6 is 22.9 Å². The summed E-state index contributed by atoms with van der Waals surface area (Å²) in [6, 6.07) is 5.32. The number of amides is 2. The number of halogens is 1. The first kappa shape index (κ1) is 31.9. The van der Waals surface area contributed by atoms with Crippen LogP contribution in [0.1, 0.15) is 25.2 Å². The molecule has 0 saturated heterocycles. The zero-order valence-electron chi connectivity index (χ0n) is 22.9.